The third kappa shape index (κ3) is 4.08. The van der Waals surface area contributed by atoms with E-state index < -0.39 is 0 Å². The largest absolute Gasteiger partial charge is 0.335 e. The van der Waals surface area contributed by atoms with E-state index in [0.29, 0.717) is 6.54 Å². The van der Waals surface area contributed by atoms with Gasteiger partial charge in [0, 0.05) is 18.3 Å². The molecule has 1 aromatic carbocycles. The highest BCUT2D eigenvalue weighted by atomic mass is 16.2. The Hall–Kier alpha value is -2.04. The molecule has 1 atom stereocenters. The van der Waals surface area contributed by atoms with Crippen molar-refractivity contribution in [3.05, 3.63) is 29.8 Å². The summed E-state index contributed by atoms with van der Waals surface area (Å²) in [6.45, 7) is 2.65. The van der Waals surface area contributed by atoms with Gasteiger partial charge in [0.1, 0.15) is 6.04 Å². The van der Waals surface area contributed by atoms with Crippen LogP contribution in [0.2, 0.25) is 0 Å². The monoisotopic (exact) mass is 329 g/mol. The minimum absolute atomic E-state index is 0.0798. The molecule has 0 aromatic heterocycles. The van der Waals surface area contributed by atoms with Gasteiger partial charge in [0.2, 0.25) is 5.91 Å². The van der Waals surface area contributed by atoms with Crippen LogP contribution in [0.4, 0.5) is 10.5 Å². The number of nitrogens with zero attached hydrogens (tertiary/aromatic N) is 1. The lowest BCUT2D eigenvalue weighted by molar-refractivity contribution is -0.119. The van der Waals surface area contributed by atoms with E-state index in [9.17, 15) is 9.59 Å². The number of amides is 3. The van der Waals surface area contributed by atoms with Gasteiger partial charge in [0.05, 0.1) is 0 Å². The Balaban J connectivity index is 1.59. The van der Waals surface area contributed by atoms with E-state index in [0.717, 1.165) is 36.9 Å². The number of likely N-dealkylation sites (tertiary alicyclic amines) is 1. The highest BCUT2D eigenvalue weighted by molar-refractivity contribution is 5.97. The van der Waals surface area contributed by atoms with Crippen LogP contribution in [-0.2, 0) is 4.79 Å². The van der Waals surface area contributed by atoms with Gasteiger partial charge < -0.3 is 15.5 Å². The summed E-state index contributed by atoms with van der Waals surface area (Å²) in [5, 5.41) is 6.08. The molecule has 1 aliphatic heterocycles. The lowest BCUT2D eigenvalue weighted by Crippen LogP contribution is -2.50. The molecular formula is C19H27N3O2. The maximum Gasteiger partial charge on any atom is 0.318 e. The highest BCUT2D eigenvalue weighted by Crippen LogP contribution is 2.22. The van der Waals surface area contributed by atoms with Crippen LogP contribution in [0.15, 0.2) is 24.3 Å². The van der Waals surface area contributed by atoms with Crippen LogP contribution < -0.4 is 10.6 Å². The van der Waals surface area contributed by atoms with Gasteiger partial charge in [0.15, 0.2) is 0 Å². The van der Waals surface area contributed by atoms with Crippen LogP contribution in [0, 0.1) is 6.92 Å². The van der Waals surface area contributed by atoms with Crippen LogP contribution in [0.5, 0.6) is 0 Å². The van der Waals surface area contributed by atoms with Crippen LogP contribution in [-0.4, -0.2) is 35.5 Å². The van der Waals surface area contributed by atoms with E-state index in [2.05, 4.69) is 10.6 Å². The maximum atomic E-state index is 12.6. The lowest BCUT2D eigenvalue weighted by atomic mass is 9.96. The minimum atomic E-state index is -0.367. The van der Waals surface area contributed by atoms with Crippen molar-refractivity contribution in [2.45, 2.75) is 64.0 Å². The topological polar surface area (TPSA) is 61.4 Å². The summed E-state index contributed by atoms with van der Waals surface area (Å²) in [7, 11) is 0. The first-order valence-electron chi connectivity index (χ1n) is 9.08. The maximum absolute atomic E-state index is 12.6. The summed E-state index contributed by atoms with van der Waals surface area (Å²) < 4.78 is 0. The number of hydrogen-bond donors (Lipinski definition) is 2. The molecule has 2 N–H and O–H groups in total. The molecule has 2 fully saturated rings. The van der Waals surface area contributed by atoms with Crippen molar-refractivity contribution < 1.29 is 9.59 Å². The molecule has 1 aromatic rings. The Kier molecular flexibility index (Phi) is 5.38. The average Bonchev–Trinajstić information content (AvgIpc) is 3.06. The fourth-order valence-corrected chi connectivity index (χ4v) is 3.74. The molecule has 130 valence electrons. The Labute approximate surface area is 143 Å². The molecule has 3 amide bonds. The molecule has 2 aliphatic rings. The lowest BCUT2D eigenvalue weighted by Gasteiger charge is -2.29. The molecular weight excluding hydrogens is 302 g/mol. The number of aryl methyl sites for hydroxylation is 1. The van der Waals surface area contributed by atoms with Crippen LogP contribution in [0.3, 0.4) is 0 Å². The van der Waals surface area contributed by atoms with E-state index in [1.165, 1.54) is 19.3 Å². The molecule has 1 saturated heterocycles. The van der Waals surface area contributed by atoms with Gasteiger partial charge in [-0.3, -0.25) is 4.79 Å². The fraction of sp³-hybridized carbons (Fsp3) is 0.579. The third-order valence-corrected chi connectivity index (χ3v) is 5.03. The highest BCUT2D eigenvalue weighted by Gasteiger charge is 2.35. The van der Waals surface area contributed by atoms with E-state index >= 15 is 0 Å². The zero-order chi connectivity index (χ0) is 16.9. The molecule has 0 radical (unpaired) electrons. The number of carbonyl (C=O) groups excluding carboxylic acids is 2. The molecule has 5 nitrogen and oxygen atoms in total. The van der Waals surface area contributed by atoms with Crippen molar-refractivity contribution in [2.24, 2.45) is 0 Å². The molecule has 0 bridgehead atoms. The smallest absolute Gasteiger partial charge is 0.318 e. The van der Waals surface area contributed by atoms with Crippen molar-refractivity contribution in [1.29, 1.82) is 0 Å². The fourth-order valence-electron chi connectivity index (χ4n) is 3.74. The van der Waals surface area contributed by atoms with E-state index in [4.69, 9.17) is 0 Å². The zero-order valence-electron chi connectivity index (χ0n) is 14.4. The van der Waals surface area contributed by atoms with Crippen LogP contribution in [0.1, 0.15) is 50.5 Å². The molecule has 1 heterocycles. The second-order valence-corrected chi connectivity index (χ2v) is 6.99. The van der Waals surface area contributed by atoms with Gasteiger partial charge in [-0.15, -0.1) is 0 Å². The number of nitrogens with one attached hydrogen (secondary N) is 2. The molecule has 1 saturated carbocycles. The molecule has 5 heteroatoms. The molecule has 24 heavy (non-hydrogen) atoms. The summed E-state index contributed by atoms with van der Waals surface area (Å²) in [5.74, 6) is -0.0862. The van der Waals surface area contributed by atoms with E-state index in [-0.39, 0.29) is 24.0 Å². The van der Waals surface area contributed by atoms with Crippen LogP contribution in [0.25, 0.3) is 0 Å². The van der Waals surface area contributed by atoms with Crippen molar-refractivity contribution in [1.82, 2.24) is 10.2 Å². The predicted octanol–water partition coefficient (Wildman–Crippen LogP) is 3.44. The van der Waals surface area contributed by atoms with Gasteiger partial charge in [0.25, 0.3) is 0 Å². The van der Waals surface area contributed by atoms with Gasteiger partial charge in [-0.05, 0) is 50.3 Å². The number of rotatable bonds is 3. The quantitative estimate of drug-likeness (QED) is 0.892. The summed E-state index contributed by atoms with van der Waals surface area (Å²) >= 11 is 0. The number of benzene rings is 1. The standard InChI is InChI=1S/C19H27N3O2/c1-14-7-5-10-16(13-14)20-18(23)17-11-6-12-22(17)19(24)21-15-8-3-2-4-9-15/h5,7,10,13,15,17H,2-4,6,8-9,11-12H2,1H3,(H,20,23)(H,21,24)/t17-/m1/s1. The predicted molar refractivity (Wildman–Crippen MR) is 94.9 cm³/mol. The van der Waals surface area contributed by atoms with E-state index in [1.54, 1.807) is 4.90 Å². The second kappa shape index (κ2) is 7.69. The molecule has 0 spiro atoms. The summed E-state index contributed by atoms with van der Waals surface area (Å²) in [4.78, 5) is 26.9. The average molecular weight is 329 g/mol. The summed E-state index contributed by atoms with van der Waals surface area (Å²) in [6, 6.07) is 7.57. The van der Waals surface area contributed by atoms with Crippen molar-refractivity contribution in [2.75, 3.05) is 11.9 Å². The Morgan fingerprint density at radius 2 is 1.88 bits per heavy atom. The van der Waals surface area contributed by atoms with Gasteiger partial charge in [-0.1, -0.05) is 31.4 Å². The first-order valence-corrected chi connectivity index (χ1v) is 9.08. The van der Waals surface area contributed by atoms with Gasteiger partial charge in [-0.2, -0.15) is 0 Å². The van der Waals surface area contributed by atoms with Crippen molar-refractivity contribution in [3.8, 4) is 0 Å². The van der Waals surface area contributed by atoms with Crippen molar-refractivity contribution in [3.63, 3.8) is 0 Å². The number of anilines is 1. The normalized spacial score (nSPS) is 21.5. The zero-order valence-corrected chi connectivity index (χ0v) is 14.4. The summed E-state index contributed by atoms with van der Waals surface area (Å²) in [6.07, 6.45) is 7.35. The first-order chi connectivity index (χ1) is 11.6. The van der Waals surface area contributed by atoms with E-state index in [1.807, 2.05) is 31.2 Å². The Morgan fingerprint density at radius 3 is 2.62 bits per heavy atom. The first kappa shape index (κ1) is 16.8. The number of hydrogen-bond acceptors (Lipinski definition) is 2. The number of carbonyl (C=O) groups is 2. The Morgan fingerprint density at radius 1 is 1.08 bits per heavy atom. The van der Waals surface area contributed by atoms with Gasteiger partial charge in [-0.25, -0.2) is 4.79 Å². The second-order valence-electron chi connectivity index (χ2n) is 6.99. The minimum Gasteiger partial charge on any atom is -0.335 e. The van der Waals surface area contributed by atoms with Gasteiger partial charge >= 0.3 is 6.03 Å². The Bertz CT molecular complexity index is 596. The van der Waals surface area contributed by atoms with Crippen LogP contribution >= 0.6 is 0 Å². The molecule has 1 aliphatic carbocycles. The third-order valence-electron chi connectivity index (χ3n) is 5.03. The summed E-state index contributed by atoms with van der Waals surface area (Å²) in [5.41, 5.74) is 1.89. The number of urea groups is 1. The SMILES string of the molecule is Cc1cccc(NC(=O)[C@H]2CCCN2C(=O)NC2CCCCC2)c1. The molecule has 0 unspecified atom stereocenters. The molecule has 3 rings (SSSR count). The van der Waals surface area contributed by atoms with Crippen molar-refractivity contribution >= 4 is 17.6 Å².